The fourth-order valence-corrected chi connectivity index (χ4v) is 9.20. The Bertz CT molecular complexity index is 1660. The van der Waals surface area contributed by atoms with Gasteiger partial charge in [-0.1, -0.05) is 207 Å². The Hall–Kier alpha value is -3.54. The van der Waals surface area contributed by atoms with E-state index in [1.54, 1.807) is 0 Å². The van der Waals surface area contributed by atoms with Gasteiger partial charge in [-0.2, -0.15) is 0 Å². The van der Waals surface area contributed by atoms with Gasteiger partial charge in [0.1, 0.15) is 0 Å². The number of carbonyl (C=O) groups is 2. The fourth-order valence-electron chi connectivity index (χ4n) is 9.20. The zero-order valence-corrected chi connectivity index (χ0v) is 41.4. The summed E-state index contributed by atoms with van der Waals surface area (Å²) >= 11 is 0. The molecule has 0 saturated heterocycles. The van der Waals surface area contributed by atoms with E-state index in [-0.39, 0.29) is 11.6 Å². The third kappa shape index (κ3) is 18.7. The average Bonchev–Trinajstić information content (AvgIpc) is 3.30. The second-order valence-electron chi connectivity index (χ2n) is 18.8. The summed E-state index contributed by atoms with van der Waals surface area (Å²) in [5.41, 5.74) is 0.867. The van der Waals surface area contributed by atoms with Crippen LogP contribution in [0.4, 0.5) is 0 Å². The van der Waals surface area contributed by atoms with Gasteiger partial charge in [-0.25, -0.2) is 0 Å². The van der Waals surface area contributed by atoms with E-state index in [9.17, 15) is 9.59 Å². The van der Waals surface area contributed by atoms with E-state index in [1.165, 1.54) is 166 Å². The van der Waals surface area contributed by atoms with Crippen molar-refractivity contribution in [3.63, 3.8) is 0 Å². The van der Waals surface area contributed by atoms with Crippen LogP contribution in [0.2, 0.25) is 0 Å². The van der Waals surface area contributed by atoms with Crippen LogP contribution in [-0.2, 0) is 0 Å². The maximum Gasteiger partial charge on any atom is 0.187 e. The Morgan fingerprint density at radius 2 is 0.484 bits per heavy atom. The molecule has 64 heavy (non-hydrogen) atoms. The molecule has 0 N–H and O–H groups in total. The SMILES string of the molecule is CCCCCCCCCCOc1cc2c3c(c4cc(OCCCCCCCCCC)c(OCCCCCCCCCC)cc4c2cc1OCCCCCCCCCC)C(=O)C=CC3=O. The lowest BCUT2D eigenvalue weighted by Gasteiger charge is -2.21. The van der Waals surface area contributed by atoms with Gasteiger partial charge in [-0.3, -0.25) is 9.59 Å². The third-order valence-corrected chi connectivity index (χ3v) is 13.1. The van der Waals surface area contributed by atoms with Gasteiger partial charge >= 0.3 is 0 Å². The standard InChI is InChI=1S/C58H90O6/c1-5-9-13-17-21-25-29-33-39-61-53-43-47-48-44-54(62-40-34-30-26-22-18-14-10-6-2)56(64-42-36-32-28-24-20-16-12-8-4)46-50(48)58-52(60)38-37-51(59)57(58)49(47)45-55(53)63-41-35-31-27-23-19-15-11-7-3/h37-38,43-46H,5-36,39-42H2,1-4H3. The van der Waals surface area contributed by atoms with E-state index in [4.69, 9.17) is 18.9 Å². The summed E-state index contributed by atoms with van der Waals surface area (Å²) in [7, 11) is 0. The predicted octanol–water partition coefficient (Wildman–Crippen LogP) is 18.0. The van der Waals surface area contributed by atoms with E-state index in [0.717, 1.165) is 72.9 Å². The highest BCUT2D eigenvalue weighted by molar-refractivity contribution is 6.34. The van der Waals surface area contributed by atoms with Gasteiger partial charge in [0.2, 0.25) is 0 Å². The first-order valence-electron chi connectivity index (χ1n) is 26.9. The maximum atomic E-state index is 13.9. The molecule has 3 aromatic carbocycles. The van der Waals surface area contributed by atoms with Crippen molar-refractivity contribution in [2.45, 2.75) is 233 Å². The van der Waals surface area contributed by atoms with Crippen LogP contribution in [0.15, 0.2) is 36.4 Å². The highest BCUT2D eigenvalue weighted by Crippen LogP contribution is 2.45. The Labute approximate surface area is 390 Å². The molecule has 358 valence electrons. The van der Waals surface area contributed by atoms with Gasteiger partial charge in [-0.15, -0.1) is 0 Å². The molecule has 0 amide bonds. The average molecular weight is 883 g/mol. The number of fused-ring (bicyclic) bond motifs is 6. The van der Waals surface area contributed by atoms with Gasteiger partial charge in [0.15, 0.2) is 34.6 Å². The summed E-state index contributed by atoms with van der Waals surface area (Å²) in [6, 6.07) is 8.06. The molecular formula is C58H90O6. The number of carbonyl (C=O) groups excluding carboxylic acids is 2. The highest BCUT2D eigenvalue weighted by Gasteiger charge is 2.28. The molecule has 6 nitrogen and oxygen atoms in total. The molecule has 0 heterocycles. The first kappa shape index (κ1) is 53.1. The van der Waals surface area contributed by atoms with E-state index in [2.05, 4.69) is 39.8 Å². The normalized spacial score (nSPS) is 12.4. The summed E-state index contributed by atoms with van der Waals surface area (Å²) in [6.45, 7) is 11.4. The Morgan fingerprint density at radius 1 is 0.281 bits per heavy atom. The van der Waals surface area contributed by atoms with Crippen LogP contribution in [0.1, 0.15) is 254 Å². The number of benzene rings is 3. The van der Waals surface area contributed by atoms with Crippen molar-refractivity contribution >= 4 is 33.1 Å². The molecule has 0 atom stereocenters. The lowest BCUT2D eigenvalue weighted by Crippen LogP contribution is -2.14. The van der Waals surface area contributed by atoms with Gasteiger partial charge in [0, 0.05) is 11.1 Å². The lowest BCUT2D eigenvalue weighted by atomic mass is 9.84. The topological polar surface area (TPSA) is 71.1 Å². The van der Waals surface area contributed by atoms with E-state index < -0.39 is 0 Å². The summed E-state index contributed by atoms with van der Waals surface area (Å²) in [4.78, 5) is 27.8. The second-order valence-corrected chi connectivity index (χ2v) is 18.8. The fraction of sp³-hybridized carbons (Fsp3) is 0.690. The predicted molar refractivity (Wildman–Crippen MR) is 272 cm³/mol. The molecule has 0 fully saturated rings. The molecule has 0 radical (unpaired) electrons. The third-order valence-electron chi connectivity index (χ3n) is 13.1. The minimum absolute atomic E-state index is 0.167. The molecule has 4 rings (SSSR count). The van der Waals surface area contributed by atoms with Crippen molar-refractivity contribution in [1.29, 1.82) is 0 Å². The minimum atomic E-state index is -0.167. The van der Waals surface area contributed by atoms with Crippen LogP contribution in [0.3, 0.4) is 0 Å². The van der Waals surface area contributed by atoms with Crippen molar-refractivity contribution < 1.29 is 28.5 Å². The minimum Gasteiger partial charge on any atom is -0.490 e. The number of ketones is 2. The zero-order valence-electron chi connectivity index (χ0n) is 41.4. The molecule has 0 aliphatic heterocycles. The maximum absolute atomic E-state index is 13.9. The quantitative estimate of drug-likeness (QED) is 0.0418. The van der Waals surface area contributed by atoms with Crippen molar-refractivity contribution in [2.24, 2.45) is 0 Å². The monoisotopic (exact) mass is 883 g/mol. The van der Waals surface area contributed by atoms with E-state index >= 15 is 0 Å². The molecule has 3 aromatic rings. The number of rotatable bonds is 40. The molecule has 0 unspecified atom stereocenters. The highest BCUT2D eigenvalue weighted by atomic mass is 16.5. The van der Waals surface area contributed by atoms with Crippen LogP contribution >= 0.6 is 0 Å². The smallest absolute Gasteiger partial charge is 0.187 e. The first-order chi connectivity index (χ1) is 31.5. The second kappa shape index (κ2) is 33.0. The van der Waals surface area contributed by atoms with Crippen LogP contribution in [-0.4, -0.2) is 38.0 Å². The number of ether oxygens (including phenoxy) is 4. The van der Waals surface area contributed by atoms with Crippen molar-refractivity contribution in [1.82, 2.24) is 0 Å². The van der Waals surface area contributed by atoms with Crippen molar-refractivity contribution in [3.8, 4) is 23.0 Å². The summed E-state index contributed by atoms with van der Waals surface area (Å²) in [5.74, 6) is 2.33. The molecule has 0 bridgehead atoms. The van der Waals surface area contributed by atoms with Crippen LogP contribution in [0.5, 0.6) is 23.0 Å². The number of allylic oxidation sites excluding steroid dienone is 2. The Morgan fingerprint density at radius 3 is 0.719 bits per heavy atom. The van der Waals surface area contributed by atoms with Crippen LogP contribution in [0.25, 0.3) is 21.5 Å². The van der Waals surface area contributed by atoms with Gasteiger partial charge in [0.05, 0.1) is 26.4 Å². The Kier molecular flexibility index (Phi) is 27.4. The molecule has 0 aromatic heterocycles. The van der Waals surface area contributed by atoms with Crippen molar-refractivity contribution in [2.75, 3.05) is 26.4 Å². The van der Waals surface area contributed by atoms with Crippen LogP contribution in [0, 0.1) is 0 Å². The van der Waals surface area contributed by atoms with Crippen LogP contribution < -0.4 is 18.9 Å². The molecular weight excluding hydrogens is 793 g/mol. The molecule has 0 spiro atoms. The van der Waals surface area contributed by atoms with Gasteiger partial charge < -0.3 is 18.9 Å². The zero-order chi connectivity index (χ0) is 45.5. The largest absolute Gasteiger partial charge is 0.490 e. The van der Waals surface area contributed by atoms with Crippen molar-refractivity contribution in [3.05, 3.63) is 47.5 Å². The lowest BCUT2D eigenvalue weighted by molar-refractivity contribution is 0.0996. The van der Waals surface area contributed by atoms with Gasteiger partial charge in [-0.05, 0) is 83.6 Å². The summed E-state index contributed by atoms with van der Waals surface area (Å²) < 4.78 is 26.3. The molecule has 6 heteroatoms. The summed E-state index contributed by atoms with van der Waals surface area (Å²) in [5, 5.41) is 3.17. The van der Waals surface area contributed by atoms with E-state index in [1.807, 2.05) is 12.1 Å². The molecule has 0 saturated carbocycles. The molecule has 1 aliphatic rings. The first-order valence-corrected chi connectivity index (χ1v) is 26.9. The number of hydrogen-bond donors (Lipinski definition) is 0. The number of hydrogen-bond acceptors (Lipinski definition) is 6. The molecule has 1 aliphatic carbocycles. The Balaban J connectivity index is 1.64. The van der Waals surface area contributed by atoms with E-state index in [0.29, 0.717) is 60.6 Å². The van der Waals surface area contributed by atoms with Gasteiger partial charge in [0.25, 0.3) is 0 Å². The summed E-state index contributed by atoms with van der Waals surface area (Å²) in [6.07, 6.45) is 42.0. The number of unbranched alkanes of at least 4 members (excludes halogenated alkanes) is 28.